The van der Waals surface area contributed by atoms with Gasteiger partial charge in [0.05, 0.1) is 12.3 Å². The Balaban J connectivity index is 1.95. The molecule has 0 heterocycles. The maximum absolute atomic E-state index is 13.0. The largest absolute Gasteiger partial charge is 0.481 e. The van der Waals surface area contributed by atoms with Crippen LogP contribution in [0.15, 0.2) is 18.2 Å². The summed E-state index contributed by atoms with van der Waals surface area (Å²) < 4.78 is 25.8. The van der Waals surface area contributed by atoms with E-state index in [1.54, 1.807) is 0 Å². The number of benzene rings is 1. The number of rotatable bonds is 4. The van der Waals surface area contributed by atoms with Gasteiger partial charge in [0.2, 0.25) is 5.91 Å². The van der Waals surface area contributed by atoms with Crippen LogP contribution in [-0.2, 0) is 16.0 Å². The molecular formula is C14H15F2NO3. The molecule has 2 atom stereocenters. The normalized spacial score (nSPS) is 21.7. The van der Waals surface area contributed by atoms with Crippen molar-refractivity contribution in [2.75, 3.05) is 0 Å². The van der Waals surface area contributed by atoms with Crippen molar-refractivity contribution in [1.82, 2.24) is 5.32 Å². The van der Waals surface area contributed by atoms with Crippen LogP contribution in [0, 0.1) is 17.6 Å². The number of carbonyl (C=O) groups is 2. The van der Waals surface area contributed by atoms with Crippen molar-refractivity contribution >= 4 is 11.9 Å². The summed E-state index contributed by atoms with van der Waals surface area (Å²) in [7, 11) is 0. The van der Waals surface area contributed by atoms with Crippen molar-refractivity contribution in [3.63, 3.8) is 0 Å². The van der Waals surface area contributed by atoms with Gasteiger partial charge in [0, 0.05) is 6.04 Å². The minimum absolute atomic E-state index is 0.0972. The Morgan fingerprint density at radius 1 is 1.25 bits per heavy atom. The summed E-state index contributed by atoms with van der Waals surface area (Å²) in [6.45, 7) is 0. The lowest BCUT2D eigenvalue weighted by Crippen LogP contribution is -2.40. The molecule has 108 valence electrons. The molecule has 0 radical (unpaired) electrons. The maximum Gasteiger partial charge on any atom is 0.308 e. The first-order chi connectivity index (χ1) is 9.47. The van der Waals surface area contributed by atoms with Gasteiger partial charge in [-0.3, -0.25) is 9.59 Å². The van der Waals surface area contributed by atoms with Crippen LogP contribution in [0.5, 0.6) is 0 Å². The number of hydrogen-bond acceptors (Lipinski definition) is 2. The quantitative estimate of drug-likeness (QED) is 0.886. The van der Waals surface area contributed by atoms with E-state index in [4.69, 9.17) is 5.11 Å². The summed E-state index contributed by atoms with van der Waals surface area (Å²) in [6.07, 6.45) is 1.83. The molecule has 1 aromatic rings. The number of aliphatic carboxylic acids is 1. The van der Waals surface area contributed by atoms with Gasteiger partial charge in [0.25, 0.3) is 0 Å². The number of carbonyl (C=O) groups excluding carboxylic acids is 1. The molecule has 1 saturated carbocycles. The standard InChI is InChI=1S/C14H15F2NO3/c15-10-5-4-8(6-11(10)16)7-13(18)17-12-3-1-2-9(12)14(19)20/h4-6,9,12H,1-3,7H2,(H,17,18)(H,19,20)/t9-,12+/m0/s1. The van der Waals surface area contributed by atoms with Crippen molar-refractivity contribution in [2.24, 2.45) is 5.92 Å². The third kappa shape index (κ3) is 3.31. The third-order valence-electron chi connectivity index (χ3n) is 3.53. The van der Waals surface area contributed by atoms with Crippen LogP contribution >= 0.6 is 0 Å². The van der Waals surface area contributed by atoms with E-state index in [-0.39, 0.29) is 18.4 Å². The molecule has 0 aromatic heterocycles. The topological polar surface area (TPSA) is 66.4 Å². The van der Waals surface area contributed by atoms with Gasteiger partial charge in [-0.2, -0.15) is 0 Å². The summed E-state index contributed by atoms with van der Waals surface area (Å²) in [4.78, 5) is 22.8. The highest BCUT2D eigenvalue weighted by Gasteiger charge is 2.33. The van der Waals surface area contributed by atoms with Crippen LogP contribution in [0.2, 0.25) is 0 Å². The molecule has 1 aliphatic carbocycles. The SMILES string of the molecule is O=C(Cc1ccc(F)c(F)c1)N[C@@H]1CCC[C@@H]1C(=O)O. The zero-order valence-corrected chi connectivity index (χ0v) is 10.7. The van der Waals surface area contributed by atoms with E-state index in [1.165, 1.54) is 6.07 Å². The minimum Gasteiger partial charge on any atom is -0.481 e. The summed E-state index contributed by atoms with van der Waals surface area (Å²) in [5.74, 6) is -3.82. The zero-order valence-electron chi connectivity index (χ0n) is 10.7. The number of hydrogen-bond donors (Lipinski definition) is 2. The maximum atomic E-state index is 13.0. The molecule has 0 aliphatic heterocycles. The Morgan fingerprint density at radius 3 is 2.65 bits per heavy atom. The molecule has 1 amide bonds. The third-order valence-corrected chi connectivity index (χ3v) is 3.53. The van der Waals surface area contributed by atoms with Gasteiger partial charge >= 0.3 is 5.97 Å². The molecule has 0 unspecified atom stereocenters. The Labute approximate surface area is 114 Å². The van der Waals surface area contributed by atoms with Gasteiger partial charge in [-0.1, -0.05) is 12.5 Å². The molecule has 20 heavy (non-hydrogen) atoms. The average molecular weight is 283 g/mol. The first kappa shape index (κ1) is 14.4. The lowest BCUT2D eigenvalue weighted by atomic mass is 10.0. The van der Waals surface area contributed by atoms with Gasteiger partial charge in [0.1, 0.15) is 0 Å². The summed E-state index contributed by atoms with van der Waals surface area (Å²) in [5.41, 5.74) is 0.353. The highest BCUT2D eigenvalue weighted by molar-refractivity contribution is 5.80. The Hall–Kier alpha value is -1.98. The molecule has 2 N–H and O–H groups in total. The van der Waals surface area contributed by atoms with E-state index in [1.807, 2.05) is 0 Å². The van der Waals surface area contributed by atoms with Crippen molar-refractivity contribution in [2.45, 2.75) is 31.7 Å². The number of amides is 1. The Bertz CT molecular complexity index is 533. The van der Waals surface area contributed by atoms with Gasteiger partial charge in [0.15, 0.2) is 11.6 Å². The fraction of sp³-hybridized carbons (Fsp3) is 0.429. The second-order valence-corrected chi connectivity index (χ2v) is 4.97. The van der Waals surface area contributed by atoms with Crippen LogP contribution in [0.1, 0.15) is 24.8 Å². The average Bonchev–Trinajstić information content (AvgIpc) is 2.82. The fourth-order valence-electron chi connectivity index (χ4n) is 2.52. The molecule has 4 nitrogen and oxygen atoms in total. The van der Waals surface area contributed by atoms with E-state index in [0.29, 0.717) is 18.4 Å². The van der Waals surface area contributed by atoms with Gasteiger partial charge in [-0.05, 0) is 30.5 Å². The monoisotopic (exact) mass is 283 g/mol. The Morgan fingerprint density at radius 2 is 2.00 bits per heavy atom. The molecule has 6 heteroatoms. The van der Waals surface area contributed by atoms with Gasteiger partial charge < -0.3 is 10.4 Å². The van der Waals surface area contributed by atoms with Crippen LogP contribution in [0.3, 0.4) is 0 Å². The lowest BCUT2D eigenvalue weighted by Gasteiger charge is -2.17. The molecule has 1 aliphatic rings. The van der Waals surface area contributed by atoms with E-state index < -0.39 is 23.5 Å². The van der Waals surface area contributed by atoms with Gasteiger partial charge in [-0.15, -0.1) is 0 Å². The number of carboxylic acid groups (broad SMARTS) is 1. The second-order valence-electron chi connectivity index (χ2n) is 4.97. The smallest absolute Gasteiger partial charge is 0.308 e. The zero-order chi connectivity index (χ0) is 14.7. The predicted molar refractivity (Wildman–Crippen MR) is 67.0 cm³/mol. The highest BCUT2D eigenvalue weighted by atomic mass is 19.2. The number of halogens is 2. The molecule has 1 aromatic carbocycles. The number of nitrogens with one attached hydrogen (secondary N) is 1. The molecule has 0 bridgehead atoms. The predicted octanol–water partition coefficient (Wildman–Crippen LogP) is 1.88. The van der Waals surface area contributed by atoms with Crippen molar-refractivity contribution in [3.05, 3.63) is 35.4 Å². The van der Waals surface area contributed by atoms with Crippen LogP contribution < -0.4 is 5.32 Å². The van der Waals surface area contributed by atoms with Crippen LogP contribution in [-0.4, -0.2) is 23.0 Å². The lowest BCUT2D eigenvalue weighted by molar-refractivity contribution is -0.142. The van der Waals surface area contributed by atoms with E-state index >= 15 is 0 Å². The summed E-state index contributed by atoms with van der Waals surface area (Å²) in [6, 6.07) is 2.89. The fourth-order valence-corrected chi connectivity index (χ4v) is 2.52. The summed E-state index contributed by atoms with van der Waals surface area (Å²) >= 11 is 0. The van der Waals surface area contributed by atoms with E-state index in [9.17, 15) is 18.4 Å². The molecule has 0 saturated heterocycles. The highest BCUT2D eigenvalue weighted by Crippen LogP contribution is 2.25. The van der Waals surface area contributed by atoms with Crippen LogP contribution in [0.25, 0.3) is 0 Å². The first-order valence-corrected chi connectivity index (χ1v) is 6.43. The molecule has 2 rings (SSSR count). The second kappa shape index (κ2) is 5.98. The summed E-state index contributed by atoms with van der Waals surface area (Å²) in [5, 5.41) is 11.7. The van der Waals surface area contributed by atoms with E-state index in [2.05, 4.69) is 5.32 Å². The molecule has 1 fully saturated rings. The van der Waals surface area contributed by atoms with Crippen molar-refractivity contribution in [3.8, 4) is 0 Å². The molecule has 0 spiro atoms. The first-order valence-electron chi connectivity index (χ1n) is 6.43. The van der Waals surface area contributed by atoms with Gasteiger partial charge in [-0.25, -0.2) is 8.78 Å². The number of carboxylic acids is 1. The Kier molecular flexibility index (Phi) is 4.32. The van der Waals surface area contributed by atoms with Crippen LogP contribution in [0.4, 0.5) is 8.78 Å². The van der Waals surface area contributed by atoms with Crippen molar-refractivity contribution in [1.29, 1.82) is 0 Å². The minimum atomic E-state index is -1.00. The van der Waals surface area contributed by atoms with Crippen molar-refractivity contribution < 1.29 is 23.5 Å². The van der Waals surface area contributed by atoms with E-state index in [0.717, 1.165) is 18.6 Å². The molecular weight excluding hydrogens is 268 g/mol.